The smallest absolute Gasteiger partial charge is 0.237 e. The largest absolute Gasteiger partial charge is 0.454 e. The molecule has 6 nitrogen and oxygen atoms in total. The van der Waals surface area contributed by atoms with E-state index in [1.54, 1.807) is 0 Å². The maximum atomic E-state index is 12.6. The monoisotopic (exact) mass is 386 g/mol. The molecule has 2 aromatic carbocycles. The lowest BCUT2D eigenvalue weighted by atomic mass is 10.0. The van der Waals surface area contributed by atoms with Gasteiger partial charge in [-0.25, -0.2) is 0 Å². The van der Waals surface area contributed by atoms with Gasteiger partial charge in [-0.2, -0.15) is 5.10 Å². The van der Waals surface area contributed by atoms with E-state index in [0.717, 1.165) is 40.1 Å². The third-order valence-electron chi connectivity index (χ3n) is 5.48. The van der Waals surface area contributed by atoms with Crippen molar-refractivity contribution in [3.8, 4) is 11.5 Å². The van der Waals surface area contributed by atoms with Gasteiger partial charge in [0, 0.05) is 30.6 Å². The molecule has 0 radical (unpaired) electrons. The van der Waals surface area contributed by atoms with Crippen LogP contribution in [-0.4, -0.2) is 40.1 Å². The second-order valence-corrected chi connectivity index (χ2v) is 7.39. The van der Waals surface area contributed by atoms with Gasteiger partial charge in [0.05, 0.1) is 12.2 Å². The third kappa shape index (κ3) is 3.54. The lowest BCUT2D eigenvalue weighted by Crippen LogP contribution is -2.55. The van der Waals surface area contributed by atoms with Gasteiger partial charge in [0.25, 0.3) is 0 Å². The highest BCUT2D eigenvalue weighted by molar-refractivity contribution is 5.83. The molecule has 1 atom stereocenters. The third-order valence-corrected chi connectivity index (χ3v) is 5.48. The molecule has 6 heteroatoms. The zero-order chi connectivity index (χ0) is 19.6. The molecular formula is C23H22N4O2. The van der Waals surface area contributed by atoms with Crippen LogP contribution in [0, 0.1) is 0 Å². The normalized spacial score (nSPS) is 17.5. The number of H-pyrrole nitrogens is 1. The molecule has 1 saturated heterocycles. The molecule has 2 N–H and O–H groups in total. The minimum absolute atomic E-state index is 0.0777. The van der Waals surface area contributed by atoms with Gasteiger partial charge >= 0.3 is 0 Å². The molecule has 4 aromatic rings. The van der Waals surface area contributed by atoms with Crippen LogP contribution in [0.1, 0.15) is 11.1 Å². The molecule has 0 bridgehead atoms. The van der Waals surface area contributed by atoms with Crippen molar-refractivity contribution in [1.82, 2.24) is 20.4 Å². The Morgan fingerprint density at radius 1 is 1.10 bits per heavy atom. The number of hydrogen-bond acceptors (Lipinski definition) is 4. The van der Waals surface area contributed by atoms with Gasteiger partial charge in [-0.1, -0.05) is 48.5 Å². The van der Waals surface area contributed by atoms with Crippen LogP contribution in [0.5, 0.6) is 0 Å². The molecule has 1 aliphatic heterocycles. The number of piperazine rings is 1. The first-order valence-electron chi connectivity index (χ1n) is 9.85. The maximum absolute atomic E-state index is 12.6. The van der Waals surface area contributed by atoms with Crippen molar-refractivity contribution in [2.75, 3.05) is 13.1 Å². The minimum Gasteiger partial charge on any atom is -0.454 e. The summed E-state index contributed by atoms with van der Waals surface area (Å²) in [7, 11) is 0. The summed E-state index contributed by atoms with van der Waals surface area (Å²) < 4.78 is 6.02. The Balaban J connectivity index is 1.41. The van der Waals surface area contributed by atoms with E-state index < -0.39 is 0 Å². The average molecular weight is 386 g/mol. The zero-order valence-corrected chi connectivity index (χ0v) is 16.0. The van der Waals surface area contributed by atoms with E-state index in [-0.39, 0.29) is 11.9 Å². The van der Waals surface area contributed by atoms with E-state index in [1.807, 2.05) is 54.7 Å². The number of fused-ring (bicyclic) bond motifs is 1. The van der Waals surface area contributed by atoms with Gasteiger partial charge in [0.1, 0.15) is 11.3 Å². The van der Waals surface area contributed by atoms with Crippen molar-refractivity contribution < 1.29 is 9.21 Å². The summed E-state index contributed by atoms with van der Waals surface area (Å²) in [5.41, 5.74) is 3.90. The van der Waals surface area contributed by atoms with E-state index >= 15 is 0 Å². The van der Waals surface area contributed by atoms with E-state index in [0.29, 0.717) is 19.5 Å². The fourth-order valence-corrected chi connectivity index (χ4v) is 3.98. The first-order valence-corrected chi connectivity index (χ1v) is 9.85. The molecule has 1 amide bonds. The molecule has 0 aliphatic carbocycles. The fourth-order valence-electron chi connectivity index (χ4n) is 3.98. The van der Waals surface area contributed by atoms with Crippen molar-refractivity contribution in [3.63, 3.8) is 0 Å². The van der Waals surface area contributed by atoms with Crippen LogP contribution >= 0.6 is 0 Å². The fraction of sp³-hybridized carbons (Fsp3) is 0.217. The Labute approximate surface area is 168 Å². The summed E-state index contributed by atoms with van der Waals surface area (Å²) >= 11 is 0. The number of rotatable bonds is 5. The van der Waals surface area contributed by atoms with Crippen molar-refractivity contribution in [3.05, 3.63) is 78.0 Å². The van der Waals surface area contributed by atoms with E-state index in [1.165, 1.54) is 0 Å². The van der Waals surface area contributed by atoms with E-state index in [2.05, 4.69) is 32.5 Å². The van der Waals surface area contributed by atoms with E-state index in [9.17, 15) is 4.79 Å². The number of aromatic nitrogens is 2. The summed E-state index contributed by atoms with van der Waals surface area (Å²) in [6.45, 7) is 2.09. The molecule has 0 saturated carbocycles. The topological polar surface area (TPSA) is 74.2 Å². The highest BCUT2D eigenvalue weighted by Crippen LogP contribution is 2.29. The summed E-state index contributed by atoms with van der Waals surface area (Å²) in [5, 5.41) is 11.4. The zero-order valence-electron chi connectivity index (χ0n) is 16.0. The summed E-state index contributed by atoms with van der Waals surface area (Å²) in [6, 6.07) is 19.9. The number of nitrogens with one attached hydrogen (secondary N) is 2. The number of benzene rings is 2. The predicted octanol–water partition coefficient (Wildman–Crippen LogP) is 3.37. The van der Waals surface area contributed by atoms with E-state index in [4.69, 9.17) is 4.42 Å². The number of nitrogens with zero attached hydrogens (tertiary/aromatic N) is 2. The molecule has 1 aliphatic rings. The van der Waals surface area contributed by atoms with Gasteiger partial charge in [-0.15, -0.1) is 0 Å². The number of para-hydroxylation sites is 1. The number of aromatic amines is 1. The number of carbonyl (C=O) groups is 1. The summed E-state index contributed by atoms with van der Waals surface area (Å²) in [6.07, 6.45) is 2.51. The van der Waals surface area contributed by atoms with Crippen LogP contribution in [-0.2, 0) is 17.8 Å². The Hall–Kier alpha value is -3.38. The Bertz CT molecular complexity index is 1100. The van der Waals surface area contributed by atoms with Gasteiger partial charge in [-0.3, -0.25) is 14.8 Å². The molecule has 1 unspecified atom stereocenters. The average Bonchev–Trinajstić information content (AvgIpc) is 3.37. The highest BCUT2D eigenvalue weighted by atomic mass is 16.3. The molecule has 0 spiro atoms. The number of hydrogen-bond donors (Lipinski definition) is 2. The van der Waals surface area contributed by atoms with Gasteiger partial charge < -0.3 is 9.73 Å². The van der Waals surface area contributed by atoms with Crippen molar-refractivity contribution in [2.45, 2.75) is 19.0 Å². The van der Waals surface area contributed by atoms with Gasteiger partial charge in [0.2, 0.25) is 5.91 Å². The summed E-state index contributed by atoms with van der Waals surface area (Å²) in [4.78, 5) is 14.8. The molecular weight excluding hydrogens is 364 g/mol. The van der Waals surface area contributed by atoms with Gasteiger partial charge in [0.15, 0.2) is 5.76 Å². The van der Waals surface area contributed by atoms with Crippen LogP contribution in [0.15, 0.2) is 71.3 Å². The highest BCUT2D eigenvalue weighted by Gasteiger charge is 2.30. The maximum Gasteiger partial charge on any atom is 0.237 e. The first kappa shape index (κ1) is 17.7. The van der Waals surface area contributed by atoms with Crippen LogP contribution < -0.4 is 5.32 Å². The Morgan fingerprint density at radius 3 is 2.79 bits per heavy atom. The Morgan fingerprint density at radius 2 is 1.93 bits per heavy atom. The van der Waals surface area contributed by atoms with Crippen LogP contribution in [0.4, 0.5) is 0 Å². The first-order chi connectivity index (χ1) is 14.3. The molecule has 2 aromatic heterocycles. The van der Waals surface area contributed by atoms with Crippen LogP contribution in [0.3, 0.4) is 0 Å². The summed E-state index contributed by atoms with van der Waals surface area (Å²) in [5.74, 6) is 0.841. The SMILES string of the molecule is O=C1NCCN(Cc2cn[nH]c2-c2cc3ccccc3o2)C1Cc1ccccc1. The lowest BCUT2D eigenvalue weighted by molar-refractivity contribution is -0.129. The van der Waals surface area contributed by atoms with Crippen molar-refractivity contribution >= 4 is 16.9 Å². The second kappa shape index (κ2) is 7.56. The quantitative estimate of drug-likeness (QED) is 0.552. The second-order valence-electron chi connectivity index (χ2n) is 7.39. The molecule has 29 heavy (non-hydrogen) atoms. The van der Waals surface area contributed by atoms with Crippen molar-refractivity contribution in [2.24, 2.45) is 0 Å². The molecule has 5 rings (SSSR count). The molecule has 1 fully saturated rings. The number of furan rings is 1. The standard InChI is InChI=1S/C23H22N4O2/c28-23-19(12-16-6-2-1-3-7-16)27(11-10-24-23)15-18-14-25-26-22(18)21-13-17-8-4-5-9-20(17)29-21/h1-9,13-14,19H,10-12,15H2,(H,24,28)(H,25,26). The van der Waals surface area contributed by atoms with Crippen LogP contribution in [0.2, 0.25) is 0 Å². The van der Waals surface area contributed by atoms with Crippen LogP contribution in [0.25, 0.3) is 22.4 Å². The predicted molar refractivity (Wildman–Crippen MR) is 111 cm³/mol. The minimum atomic E-state index is -0.204. The molecule has 146 valence electrons. The number of carbonyl (C=O) groups excluding carboxylic acids is 1. The van der Waals surface area contributed by atoms with Crippen molar-refractivity contribution in [1.29, 1.82) is 0 Å². The molecule has 3 heterocycles. The lowest BCUT2D eigenvalue weighted by Gasteiger charge is -2.35. The van der Waals surface area contributed by atoms with Gasteiger partial charge in [-0.05, 0) is 24.1 Å². The number of amides is 1. The Kier molecular flexibility index (Phi) is 4.62.